The van der Waals surface area contributed by atoms with Crippen LogP contribution in [-0.2, 0) is 4.79 Å². The largest absolute Gasteiger partial charge is 0.523 e. The first-order valence-corrected chi connectivity index (χ1v) is 12.7. The molecule has 0 amide bonds. The highest BCUT2D eigenvalue weighted by atomic mass is 16.7. The number of rotatable bonds is 24. The van der Waals surface area contributed by atoms with Crippen molar-refractivity contribution in [2.24, 2.45) is 0 Å². The van der Waals surface area contributed by atoms with Crippen LogP contribution >= 0.6 is 0 Å². The zero-order valence-electron chi connectivity index (χ0n) is 19.8. The van der Waals surface area contributed by atoms with Gasteiger partial charge in [0.05, 0.1) is 6.42 Å². The molecule has 0 aliphatic heterocycles. The topological polar surface area (TPSA) is 103 Å². The predicted molar refractivity (Wildman–Crippen MR) is 125 cm³/mol. The Hall–Kier alpha value is -1.53. The average Bonchev–Trinajstić information content (AvgIpc) is 2.74. The summed E-state index contributed by atoms with van der Waals surface area (Å²) < 4.78 is 0. The van der Waals surface area contributed by atoms with Gasteiger partial charge in [0, 0.05) is 0 Å². The van der Waals surface area contributed by atoms with E-state index in [0.29, 0.717) is 12.8 Å². The minimum absolute atomic E-state index is 0.302. The van der Waals surface area contributed by atoms with Gasteiger partial charge >= 0.3 is 11.9 Å². The van der Waals surface area contributed by atoms with E-state index in [1.807, 2.05) is 0 Å². The molecule has 0 spiro atoms. The molecule has 1 radical (unpaired) electrons. The Kier molecular flexibility index (Phi) is 19.4. The Morgan fingerprint density at radius 1 is 0.548 bits per heavy atom. The van der Waals surface area contributed by atoms with E-state index in [2.05, 4.69) is 6.92 Å². The quantitative estimate of drug-likeness (QED) is 0.0665. The highest BCUT2D eigenvalue weighted by Crippen LogP contribution is 2.19. The zero-order chi connectivity index (χ0) is 23.2. The molecule has 31 heavy (non-hydrogen) atoms. The molecule has 0 aromatic carbocycles. The summed E-state index contributed by atoms with van der Waals surface area (Å²) in [7, 11) is 0. The van der Waals surface area contributed by atoms with Gasteiger partial charge in [-0.15, -0.1) is 0 Å². The molecule has 0 unspecified atom stereocenters. The van der Waals surface area contributed by atoms with E-state index in [1.54, 1.807) is 0 Å². The van der Waals surface area contributed by atoms with Gasteiger partial charge in [0.15, 0.2) is 0 Å². The van der Waals surface area contributed by atoms with Crippen molar-refractivity contribution in [3.8, 4) is 0 Å². The van der Waals surface area contributed by atoms with Gasteiger partial charge in [-0.2, -0.15) is 0 Å². The van der Waals surface area contributed by atoms with Crippen LogP contribution in [0.15, 0.2) is 0 Å². The van der Waals surface area contributed by atoms with E-state index in [9.17, 15) is 25.0 Å². The Morgan fingerprint density at radius 2 is 0.806 bits per heavy atom. The third-order valence-corrected chi connectivity index (χ3v) is 6.15. The maximum atomic E-state index is 10.8. The molecule has 0 saturated carbocycles. The highest BCUT2D eigenvalue weighted by Gasteiger charge is 2.57. The molecule has 0 heterocycles. The lowest BCUT2D eigenvalue weighted by molar-refractivity contribution is -0.772. The van der Waals surface area contributed by atoms with E-state index in [-0.39, 0.29) is 6.42 Å². The second-order valence-electron chi connectivity index (χ2n) is 8.90. The maximum Gasteiger partial charge on any atom is 0.523 e. The molecule has 7 heteroatoms. The molecule has 0 bridgehead atoms. The molecule has 0 aromatic heterocycles. The van der Waals surface area contributed by atoms with Gasteiger partial charge in [0.25, 0.3) is 0 Å². The van der Waals surface area contributed by atoms with Crippen molar-refractivity contribution < 1.29 is 14.6 Å². The summed E-state index contributed by atoms with van der Waals surface area (Å²) in [6.45, 7) is 2.26. The Balaban J connectivity index is 3.36. The number of nitrogens with zero attached hydrogens (tertiary/aromatic N) is 2. The molecule has 0 rings (SSSR count). The minimum atomic E-state index is -2.78. The fraction of sp³-hybridized carbons (Fsp3) is 0.958. The molecule has 0 N–H and O–H groups in total. The number of carbonyl (C=O) groups excluding carboxylic acids is 1. The van der Waals surface area contributed by atoms with Gasteiger partial charge in [-0.25, -0.2) is 0 Å². The Morgan fingerprint density at radius 3 is 1.03 bits per heavy atom. The van der Waals surface area contributed by atoms with E-state index in [0.717, 1.165) is 25.5 Å². The lowest BCUT2D eigenvalue weighted by Crippen LogP contribution is -2.47. The third kappa shape index (κ3) is 15.0. The summed E-state index contributed by atoms with van der Waals surface area (Å²) in [5, 5.41) is 21.7. The number of hydrogen-bond donors (Lipinski definition) is 0. The first kappa shape index (κ1) is 29.5. The molecule has 0 atom stereocenters. The lowest BCUT2D eigenvalue weighted by Gasteiger charge is -2.09. The number of nitro groups is 2. The van der Waals surface area contributed by atoms with Crippen molar-refractivity contribution in [1.82, 2.24) is 0 Å². The molecular formula is C24H45N2O5. The summed E-state index contributed by atoms with van der Waals surface area (Å²) in [6.07, 6.45) is 25.0. The van der Waals surface area contributed by atoms with Crippen LogP contribution in [0.2, 0.25) is 0 Å². The summed E-state index contributed by atoms with van der Waals surface area (Å²) in [5.41, 5.74) is -2.78. The molecule has 7 nitrogen and oxygen atoms in total. The average molecular weight is 442 g/mol. The smallest absolute Gasteiger partial charge is 0.273 e. The lowest BCUT2D eigenvalue weighted by atomic mass is 10.0. The summed E-state index contributed by atoms with van der Waals surface area (Å²) in [5.74, 6) is 0. The summed E-state index contributed by atoms with van der Waals surface area (Å²) in [4.78, 5) is 30.1. The molecular weight excluding hydrogens is 396 g/mol. The third-order valence-electron chi connectivity index (χ3n) is 6.15. The van der Waals surface area contributed by atoms with Crippen molar-refractivity contribution >= 4 is 6.29 Å². The second kappa shape index (κ2) is 20.4. The van der Waals surface area contributed by atoms with E-state index < -0.39 is 15.5 Å². The van der Waals surface area contributed by atoms with Crippen LogP contribution in [0.3, 0.4) is 0 Å². The Labute approximate surface area is 189 Å². The van der Waals surface area contributed by atoms with Crippen LogP contribution in [0.5, 0.6) is 0 Å². The van der Waals surface area contributed by atoms with Gasteiger partial charge in [-0.05, 0) is 6.42 Å². The van der Waals surface area contributed by atoms with Gasteiger partial charge in [-0.3, -0.25) is 25.0 Å². The first-order valence-electron chi connectivity index (χ1n) is 12.7. The SMILES string of the molecule is CCCCCCCCCCCCCCCCCCCCCCC([C]=O)([N+](=O)[O-])[N+](=O)[O-]. The van der Waals surface area contributed by atoms with Gasteiger partial charge in [-0.1, -0.05) is 129 Å². The highest BCUT2D eigenvalue weighted by molar-refractivity contribution is 5.59. The van der Waals surface area contributed by atoms with E-state index in [1.165, 1.54) is 96.3 Å². The summed E-state index contributed by atoms with van der Waals surface area (Å²) >= 11 is 0. The van der Waals surface area contributed by atoms with Crippen molar-refractivity contribution in [3.05, 3.63) is 20.2 Å². The molecule has 0 fully saturated rings. The molecule has 0 saturated heterocycles. The first-order chi connectivity index (χ1) is 15.0. The zero-order valence-corrected chi connectivity index (χ0v) is 19.8. The van der Waals surface area contributed by atoms with Crippen molar-refractivity contribution in [2.45, 2.75) is 147 Å². The minimum Gasteiger partial charge on any atom is -0.273 e. The van der Waals surface area contributed by atoms with Crippen LogP contribution in [0.4, 0.5) is 0 Å². The van der Waals surface area contributed by atoms with E-state index in [4.69, 9.17) is 0 Å². The van der Waals surface area contributed by atoms with Crippen LogP contribution in [0, 0.1) is 20.2 Å². The van der Waals surface area contributed by atoms with Crippen molar-refractivity contribution in [2.75, 3.05) is 0 Å². The monoisotopic (exact) mass is 441 g/mol. The molecule has 0 aliphatic rings. The van der Waals surface area contributed by atoms with Crippen molar-refractivity contribution in [1.29, 1.82) is 0 Å². The standard InChI is InChI=1S/C24H45N2O5/c1-2-3-4-5-6-7-8-9-10-11-12-13-14-15-16-17-18-19-20-21-22-24(23-27,25(28)29)26(30)31/h2-22H2,1H3. The van der Waals surface area contributed by atoms with Gasteiger partial charge < -0.3 is 0 Å². The fourth-order valence-electron chi connectivity index (χ4n) is 4.00. The van der Waals surface area contributed by atoms with Crippen LogP contribution in [0.25, 0.3) is 0 Å². The number of unbranched alkanes of at least 4 members (excludes halogenated alkanes) is 19. The Bertz CT molecular complexity index is 457. The van der Waals surface area contributed by atoms with Crippen LogP contribution in [-0.4, -0.2) is 21.8 Å². The molecule has 0 aromatic rings. The second-order valence-corrected chi connectivity index (χ2v) is 8.90. The van der Waals surface area contributed by atoms with Crippen LogP contribution < -0.4 is 0 Å². The summed E-state index contributed by atoms with van der Waals surface area (Å²) in [6, 6.07) is 0. The van der Waals surface area contributed by atoms with Gasteiger partial charge in [0.1, 0.15) is 9.85 Å². The molecule has 0 aliphatic carbocycles. The predicted octanol–water partition coefficient (Wildman–Crippen LogP) is 7.56. The molecule has 181 valence electrons. The van der Waals surface area contributed by atoms with E-state index >= 15 is 0 Å². The normalized spacial score (nSPS) is 11.5. The maximum absolute atomic E-state index is 10.8. The van der Waals surface area contributed by atoms with Gasteiger partial charge in [0.2, 0.25) is 0 Å². The van der Waals surface area contributed by atoms with Crippen LogP contribution in [0.1, 0.15) is 142 Å². The van der Waals surface area contributed by atoms with Crippen molar-refractivity contribution in [3.63, 3.8) is 0 Å². The number of hydrogen-bond acceptors (Lipinski definition) is 5. The fourth-order valence-corrected chi connectivity index (χ4v) is 4.00.